The molecule has 2 aromatic rings. The van der Waals surface area contributed by atoms with Gasteiger partial charge in [0, 0.05) is 0 Å². The summed E-state index contributed by atoms with van der Waals surface area (Å²) in [6.45, 7) is 3.72. The highest BCUT2D eigenvalue weighted by Crippen LogP contribution is 2.11. The van der Waals surface area contributed by atoms with Crippen molar-refractivity contribution >= 4 is 6.21 Å². The van der Waals surface area contributed by atoms with Crippen LogP contribution < -0.4 is 10.2 Å². The molecule has 0 spiro atoms. The third kappa shape index (κ3) is 6.00. The molecule has 0 saturated carbocycles. The van der Waals surface area contributed by atoms with E-state index in [0.29, 0.717) is 0 Å². The number of hydrogen-bond donors (Lipinski definition) is 1. The van der Waals surface area contributed by atoms with Crippen LogP contribution in [0.5, 0.6) is 5.75 Å². The molecule has 0 radical (unpaired) electrons. The quantitative estimate of drug-likeness (QED) is 0.423. The van der Waals surface area contributed by atoms with E-state index < -0.39 is 0 Å². The van der Waals surface area contributed by atoms with Gasteiger partial charge in [-0.3, -0.25) is 0 Å². The third-order valence-electron chi connectivity index (χ3n) is 3.33. The van der Waals surface area contributed by atoms with Crippen molar-refractivity contribution in [2.24, 2.45) is 5.10 Å². The smallest absolute Gasteiger partial charge is 0.119 e. The number of unbranched alkanes of at least 4 members (excludes halogenated alkanes) is 2. The first-order valence-corrected chi connectivity index (χ1v) is 7.91. The molecule has 0 saturated heterocycles. The van der Waals surface area contributed by atoms with Crippen LogP contribution in [0.25, 0.3) is 0 Å². The summed E-state index contributed by atoms with van der Waals surface area (Å²) < 4.78 is 5.69. The monoisotopic (exact) mass is 296 g/mol. The zero-order valence-electron chi connectivity index (χ0n) is 13.2. The summed E-state index contributed by atoms with van der Waals surface area (Å²) in [6, 6.07) is 18.2. The molecule has 0 aliphatic carbocycles. The van der Waals surface area contributed by atoms with Crippen LogP contribution in [0, 0.1) is 0 Å². The van der Waals surface area contributed by atoms with Gasteiger partial charge in [-0.2, -0.15) is 5.10 Å². The zero-order valence-corrected chi connectivity index (χ0v) is 13.2. The van der Waals surface area contributed by atoms with Gasteiger partial charge in [-0.25, -0.2) is 0 Å². The Morgan fingerprint density at radius 3 is 2.50 bits per heavy atom. The Hall–Kier alpha value is -2.29. The number of benzene rings is 2. The first-order valence-electron chi connectivity index (χ1n) is 7.91. The van der Waals surface area contributed by atoms with Gasteiger partial charge in [0.1, 0.15) is 5.75 Å². The van der Waals surface area contributed by atoms with Crippen molar-refractivity contribution < 1.29 is 4.74 Å². The molecule has 0 atom stereocenters. The van der Waals surface area contributed by atoms with Crippen molar-refractivity contribution in [3.05, 3.63) is 65.7 Å². The third-order valence-corrected chi connectivity index (χ3v) is 3.33. The number of hydrazone groups is 1. The van der Waals surface area contributed by atoms with E-state index in [0.717, 1.165) is 30.9 Å². The lowest BCUT2D eigenvalue weighted by Gasteiger charge is -2.05. The highest BCUT2D eigenvalue weighted by Gasteiger charge is 1.94. The largest absolute Gasteiger partial charge is 0.494 e. The van der Waals surface area contributed by atoms with Crippen LogP contribution in [0.1, 0.15) is 37.3 Å². The number of ether oxygens (including phenoxy) is 1. The van der Waals surface area contributed by atoms with Crippen LogP contribution in [0.15, 0.2) is 59.7 Å². The fourth-order valence-corrected chi connectivity index (χ4v) is 2.05. The van der Waals surface area contributed by atoms with E-state index in [2.05, 4.69) is 29.6 Å². The number of nitrogens with one attached hydrogen (secondary N) is 1. The fourth-order valence-electron chi connectivity index (χ4n) is 2.05. The van der Waals surface area contributed by atoms with Crippen LogP contribution >= 0.6 is 0 Å². The van der Waals surface area contributed by atoms with Crippen molar-refractivity contribution in [3.63, 3.8) is 0 Å². The van der Waals surface area contributed by atoms with Gasteiger partial charge in [0.05, 0.1) is 19.4 Å². The number of rotatable bonds is 9. The lowest BCUT2D eigenvalue weighted by Crippen LogP contribution is -2.05. The average Bonchev–Trinajstić information content (AvgIpc) is 2.58. The standard InChI is InChI=1S/C19H24N2O/c1-2-3-7-14-22-19-12-10-18(11-13-19)16-21-20-15-17-8-5-4-6-9-17/h4-6,8-13,16,20H,2-3,7,14-15H2,1H3. The average molecular weight is 296 g/mol. The summed E-state index contributed by atoms with van der Waals surface area (Å²) in [7, 11) is 0. The highest BCUT2D eigenvalue weighted by atomic mass is 16.5. The molecular weight excluding hydrogens is 272 g/mol. The Kier molecular flexibility index (Phi) is 7.03. The Morgan fingerprint density at radius 2 is 1.77 bits per heavy atom. The van der Waals surface area contributed by atoms with E-state index in [9.17, 15) is 0 Å². The molecule has 1 N–H and O–H groups in total. The minimum Gasteiger partial charge on any atom is -0.494 e. The van der Waals surface area contributed by atoms with Gasteiger partial charge in [-0.05, 0) is 41.8 Å². The van der Waals surface area contributed by atoms with Crippen molar-refractivity contribution in [1.29, 1.82) is 0 Å². The molecular formula is C19H24N2O. The summed E-state index contributed by atoms with van der Waals surface area (Å²) in [5.74, 6) is 0.922. The predicted molar refractivity (Wildman–Crippen MR) is 92.3 cm³/mol. The van der Waals surface area contributed by atoms with Crippen molar-refractivity contribution in [2.75, 3.05) is 6.61 Å². The topological polar surface area (TPSA) is 33.6 Å². The molecule has 2 aromatic carbocycles. The maximum atomic E-state index is 5.69. The van der Waals surface area contributed by atoms with Crippen LogP contribution in [0.4, 0.5) is 0 Å². The Morgan fingerprint density at radius 1 is 1.00 bits per heavy atom. The molecule has 0 fully saturated rings. The zero-order chi connectivity index (χ0) is 15.5. The fraction of sp³-hybridized carbons (Fsp3) is 0.316. The maximum Gasteiger partial charge on any atom is 0.119 e. The Balaban J connectivity index is 1.72. The molecule has 0 aliphatic rings. The Bertz CT molecular complexity index is 549. The van der Waals surface area contributed by atoms with E-state index in [1.807, 2.05) is 48.7 Å². The lowest BCUT2D eigenvalue weighted by atomic mass is 10.2. The maximum absolute atomic E-state index is 5.69. The molecule has 0 amide bonds. The van der Waals surface area contributed by atoms with E-state index in [-0.39, 0.29) is 0 Å². The molecule has 0 aromatic heterocycles. The summed E-state index contributed by atoms with van der Waals surface area (Å²) in [6.07, 6.45) is 5.37. The second-order valence-corrected chi connectivity index (χ2v) is 5.20. The van der Waals surface area contributed by atoms with Gasteiger partial charge in [0.2, 0.25) is 0 Å². The summed E-state index contributed by atoms with van der Waals surface area (Å²) in [4.78, 5) is 0. The molecule has 116 valence electrons. The Labute approximate surface area is 133 Å². The van der Waals surface area contributed by atoms with Gasteiger partial charge in [-0.1, -0.05) is 50.1 Å². The molecule has 22 heavy (non-hydrogen) atoms. The summed E-state index contributed by atoms with van der Waals surface area (Å²) >= 11 is 0. The normalized spacial score (nSPS) is 10.8. The molecule has 3 nitrogen and oxygen atoms in total. The molecule has 2 rings (SSSR count). The van der Waals surface area contributed by atoms with E-state index in [4.69, 9.17) is 4.74 Å². The number of hydrogen-bond acceptors (Lipinski definition) is 3. The number of nitrogens with zero attached hydrogens (tertiary/aromatic N) is 1. The van der Waals surface area contributed by atoms with Gasteiger partial charge in [-0.15, -0.1) is 0 Å². The predicted octanol–water partition coefficient (Wildman–Crippen LogP) is 4.38. The van der Waals surface area contributed by atoms with E-state index >= 15 is 0 Å². The SMILES string of the molecule is CCCCCOc1ccc(C=NNCc2ccccc2)cc1. The van der Waals surface area contributed by atoms with Crippen molar-refractivity contribution in [2.45, 2.75) is 32.7 Å². The minimum absolute atomic E-state index is 0.732. The van der Waals surface area contributed by atoms with Crippen LogP contribution in [0.2, 0.25) is 0 Å². The minimum atomic E-state index is 0.732. The van der Waals surface area contributed by atoms with Crippen molar-refractivity contribution in [3.8, 4) is 5.75 Å². The first-order chi connectivity index (χ1) is 10.9. The van der Waals surface area contributed by atoms with E-state index in [1.165, 1.54) is 18.4 Å². The lowest BCUT2D eigenvalue weighted by molar-refractivity contribution is 0.306. The van der Waals surface area contributed by atoms with Crippen molar-refractivity contribution in [1.82, 2.24) is 5.43 Å². The van der Waals surface area contributed by atoms with Crippen LogP contribution in [-0.4, -0.2) is 12.8 Å². The highest BCUT2D eigenvalue weighted by molar-refractivity contribution is 5.79. The second-order valence-electron chi connectivity index (χ2n) is 5.20. The molecule has 3 heteroatoms. The van der Waals surface area contributed by atoms with Crippen LogP contribution in [-0.2, 0) is 6.54 Å². The van der Waals surface area contributed by atoms with Crippen LogP contribution in [0.3, 0.4) is 0 Å². The summed E-state index contributed by atoms with van der Waals surface area (Å²) in [5, 5.41) is 4.24. The first kappa shape index (κ1) is 16.1. The van der Waals surface area contributed by atoms with Gasteiger partial charge in [0.25, 0.3) is 0 Å². The van der Waals surface area contributed by atoms with Gasteiger partial charge in [0.15, 0.2) is 0 Å². The molecule has 0 unspecified atom stereocenters. The van der Waals surface area contributed by atoms with Gasteiger partial charge >= 0.3 is 0 Å². The summed E-state index contributed by atoms with van der Waals surface area (Å²) in [5.41, 5.74) is 5.33. The second kappa shape index (κ2) is 9.61. The molecule has 0 bridgehead atoms. The van der Waals surface area contributed by atoms with Gasteiger partial charge < -0.3 is 10.2 Å². The molecule has 0 heterocycles. The molecule has 0 aliphatic heterocycles. The van der Waals surface area contributed by atoms with E-state index in [1.54, 1.807) is 0 Å².